The molecule has 0 unspecified atom stereocenters. The van der Waals surface area contributed by atoms with Gasteiger partial charge in [-0.15, -0.1) is 0 Å². The first kappa shape index (κ1) is 8.73. The summed E-state index contributed by atoms with van der Waals surface area (Å²) in [5, 5.41) is 7.83. The quantitative estimate of drug-likeness (QED) is 0.796. The maximum atomic E-state index is 5.29. The first-order valence-corrected chi connectivity index (χ1v) is 5.20. The molecule has 78 valence electrons. The second kappa shape index (κ2) is 3.55. The second-order valence-corrected chi connectivity index (χ2v) is 3.80. The lowest BCUT2D eigenvalue weighted by Gasteiger charge is -2.09. The standard InChI is InChI=1S/C11H13N3O/c1-2-10(15-5-1)8-14-7-9-3-4-12-6-11(9)13-14/h1-2,5,7,12H,3-4,6,8H2. The van der Waals surface area contributed by atoms with Gasteiger partial charge in [0.25, 0.3) is 0 Å². The predicted octanol–water partition coefficient (Wildman–Crippen LogP) is 1.17. The molecule has 0 fully saturated rings. The van der Waals surface area contributed by atoms with Crippen LogP contribution in [0, 0.1) is 0 Å². The van der Waals surface area contributed by atoms with E-state index in [1.807, 2.05) is 16.8 Å². The molecule has 4 heteroatoms. The van der Waals surface area contributed by atoms with E-state index in [0.717, 1.165) is 31.8 Å². The molecule has 4 nitrogen and oxygen atoms in total. The molecule has 0 aromatic carbocycles. The van der Waals surface area contributed by atoms with Gasteiger partial charge >= 0.3 is 0 Å². The van der Waals surface area contributed by atoms with Crippen molar-refractivity contribution in [2.24, 2.45) is 0 Å². The van der Waals surface area contributed by atoms with Crippen molar-refractivity contribution < 1.29 is 4.42 Å². The summed E-state index contributed by atoms with van der Waals surface area (Å²) in [7, 11) is 0. The van der Waals surface area contributed by atoms with Crippen LogP contribution in [-0.4, -0.2) is 16.3 Å². The SMILES string of the molecule is c1coc(Cn2cc3c(n2)CNCC3)c1. The Morgan fingerprint density at radius 2 is 2.53 bits per heavy atom. The Labute approximate surface area is 87.9 Å². The lowest BCUT2D eigenvalue weighted by Crippen LogP contribution is -2.22. The smallest absolute Gasteiger partial charge is 0.125 e. The number of aromatic nitrogens is 2. The van der Waals surface area contributed by atoms with Crippen molar-refractivity contribution in [3.05, 3.63) is 41.6 Å². The zero-order chi connectivity index (χ0) is 10.1. The summed E-state index contributed by atoms with van der Waals surface area (Å²) in [4.78, 5) is 0. The van der Waals surface area contributed by atoms with Crippen LogP contribution in [0.4, 0.5) is 0 Å². The van der Waals surface area contributed by atoms with Crippen molar-refractivity contribution in [3.8, 4) is 0 Å². The molecule has 0 spiro atoms. The second-order valence-electron chi connectivity index (χ2n) is 3.80. The van der Waals surface area contributed by atoms with Crippen LogP contribution in [0.25, 0.3) is 0 Å². The number of hydrogen-bond donors (Lipinski definition) is 1. The van der Waals surface area contributed by atoms with E-state index in [-0.39, 0.29) is 0 Å². The third-order valence-electron chi connectivity index (χ3n) is 2.69. The van der Waals surface area contributed by atoms with Gasteiger partial charge in [0.05, 0.1) is 18.5 Å². The first-order valence-electron chi connectivity index (χ1n) is 5.20. The molecule has 0 saturated carbocycles. The molecular weight excluding hydrogens is 190 g/mol. The Morgan fingerprint density at radius 3 is 3.33 bits per heavy atom. The van der Waals surface area contributed by atoms with Crippen LogP contribution < -0.4 is 5.32 Å². The summed E-state index contributed by atoms with van der Waals surface area (Å²) in [6, 6.07) is 3.87. The maximum Gasteiger partial charge on any atom is 0.125 e. The van der Waals surface area contributed by atoms with Crippen LogP contribution in [0.1, 0.15) is 17.0 Å². The van der Waals surface area contributed by atoms with Gasteiger partial charge in [-0.25, -0.2) is 0 Å². The number of hydrogen-bond acceptors (Lipinski definition) is 3. The van der Waals surface area contributed by atoms with Gasteiger partial charge in [0, 0.05) is 12.7 Å². The number of nitrogens with one attached hydrogen (secondary N) is 1. The van der Waals surface area contributed by atoms with Crippen LogP contribution in [0.2, 0.25) is 0 Å². The van der Waals surface area contributed by atoms with Gasteiger partial charge in [-0.3, -0.25) is 4.68 Å². The van der Waals surface area contributed by atoms with Gasteiger partial charge in [0.2, 0.25) is 0 Å². The van der Waals surface area contributed by atoms with Crippen LogP contribution in [0.5, 0.6) is 0 Å². The Hall–Kier alpha value is -1.55. The normalized spacial score (nSPS) is 15.2. The molecule has 3 rings (SSSR count). The molecule has 0 amide bonds. The molecule has 0 bridgehead atoms. The van der Waals surface area contributed by atoms with Crippen molar-refractivity contribution in [1.82, 2.24) is 15.1 Å². The van der Waals surface area contributed by atoms with Crippen molar-refractivity contribution in [2.45, 2.75) is 19.5 Å². The minimum Gasteiger partial charge on any atom is -0.467 e. The summed E-state index contributed by atoms with van der Waals surface area (Å²) in [5.41, 5.74) is 2.54. The van der Waals surface area contributed by atoms with Crippen LogP contribution in [0.15, 0.2) is 29.0 Å². The lowest BCUT2D eigenvalue weighted by atomic mass is 10.1. The number of furan rings is 1. The predicted molar refractivity (Wildman–Crippen MR) is 55.4 cm³/mol. The Kier molecular flexibility index (Phi) is 2.07. The van der Waals surface area contributed by atoms with Crippen LogP contribution in [-0.2, 0) is 19.5 Å². The summed E-state index contributed by atoms with van der Waals surface area (Å²) >= 11 is 0. The molecular formula is C11H13N3O. The molecule has 0 atom stereocenters. The number of nitrogens with zero attached hydrogens (tertiary/aromatic N) is 2. The fourth-order valence-electron chi connectivity index (χ4n) is 1.93. The third-order valence-corrected chi connectivity index (χ3v) is 2.69. The molecule has 0 aliphatic carbocycles. The van der Waals surface area contributed by atoms with Gasteiger partial charge in [0.15, 0.2) is 0 Å². The van der Waals surface area contributed by atoms with E-state index in [1.54, 1.807) is 6.26 Å². The molecule has 0 radical (unpaired) electrons. The average Bonchev–Trinajstić information content (AvgIpc) is 2.86. The molecule has 0 saturated heterocycles. The summed E-state index contributed by atoms with van der Waals surface area (Å²) < 4.78 is 7.25. The van der Waals surface area contributed by atoms with Gasteiger partial charge < -0.3 is 9.73 Å². The van der Waals surface area contributed by atoms with Gasteiger partial charge in [0.1, 0.15) is 5.76 Å². The fourth-order valence-corrected chi connectivity index (χ4v) is 1.93. The van der Waals surface area contributed by atoms with E-state index < -0.39 is 0 Å². The number of rotatable bonds is 2. The summed E-state index contributed by atoms with van der Waals surface area (Å²) in [6.45, 7) is 2.67. The maximum absolute atomic E-state index is 5.29. The molecule has 15 heavy (non-hydrogen) atoms. The van der Waals surface area contributed by atoms with Crippen LogP contribution in [0.3, 0.4) is 0 Å². The van der Waals surface area contributed by atoms with Gasteiger partial charge in [-0.05, 0) is 30.7 Å². The fraction of sp³-hybridized carbons (Fsp3) is 0.364. The zero-order valence-corrected chi connectivity index (χ0v) is 8.44. The molecule has 1 aliphatic heterocycles. The summed E-state index contributed by atoms with van der Waals surface area (Å²) in [6.07, 6.45) is 4.90. The topological polar surface area (TPSA) is 43.0 Å². The zero-order valence-electron chi connectivity index (χ0n) is 8.44. The first-order chi connectivity index (χ1) is 7.42. The molecule has 2 aromatic heterocycles. The highest BCUT2D eigenvalue weighted by molar-refractivity contribution is 5.20. The monoisotopic (exact) mass is 203 g/mol. The molecule has 1 aliphatic rings. The Morgan fingerprint density at radius 1 is 1.53 bits per heavy atom. The van der Waals surface area contributed by atoms with E-state index in [2.05, 4.69) is 16.6 Å². The molecule has 1 N–H and O–H groups in total. The minimum absolute atomic E-state index is 0.722. The third kappa shape index (κ3) is 1.68. The van der Waals surface area contributed by atoms with Gasteiger partial charge in [-0.2, -0.15) is 5.10 Å². The van der Waals surface area contributed by atoms with E-state index >= 15 is 0 Å². The molecule has 2 aromatic rings. The average molecular weight is 203 g/mol. The van der Waals surface area contributed by atoms with Crippen molar-refractivity contribution in [3.63, 3.8) is 0 Å². The van der Waals surface area contributed by atoms with Crippen LogP contribution >= 0.6 is 0 Å². The highest BCUT2D eigenvalue weighted by Crippen LogP contribution is 2.12. The van der Waals surface area contributed by atoms with E-state index in [0.29, 0.717) is 0 Å². The highest BCUT2D eigenvalue weighted by Gasteiger charge is 2.13. The summed E-state index contributed by atoms with van der Waals surface area (Å²) in [5.74, 6) is 0.947. The largest absolute Gasteiger partial charge is 0.467 e. The number of fused-ring (bicyclic) bond motifs is 1. The van der Waals surface area contributed by atoms with Gasteiger partial charge in [-0.1, -0.05) is 0 Å². The van der Waals surface area contributed by atoms with E-state index in [9.17, 15) is 0 Å². The van der Waals surface area contributed by atoms with Crippen molar-refractivity contribution >= 4 is 0 Å². The highest BCUT2D eigenvalue weighted by atomic mass is 16.3. The molecule has 3 heterocycles. The Balaban J connectivity index is 1.84. The van der Waals surface area contributed by atoms with Crippen molar-refractivity contribution in [1.29, 1.82) is 0 Å². The van der Waals surface area contributed by atoms with E-state index in [4.69, 9.17) is 4.42 Å². The minimum atomic E-state index is 0.722. The Bertz CT molecular complexity index is 421. The lowest BCUT2D eigenvalue weighted by molar-refractivity contribution is 0.478. The van der Waals surface area contributed by atoms with Crippen molar-refractivity contribution in [2.75, 3.05) is 6.54 Å². The van der Waals surface area contributed by atoms with E-state index in [1.165, 1.54) is 11.3 Å².